The summed E-state index contributed by atoms with van der Waals surface area (Å²) in [5.74, 6) is -1.02. The molecule has 0 saturated heterocycles. The Morgan fingerprint density at radius 3 is 2.79 bits per heavy atom. The number of nitrogens with zero attached hydrogens (tertiary/aromatic N) is 2. The number of anilines is 1. The van der Waals surface area contributed by atoms with Crippen molar-refractivity contribution in [2.45, 2.75) is 43.4 Å². The van der Waals surface area contributed by atoms with Crippen molar-refractivity contribution in [3.05, 3.63) is 0 Å². The van der Waals surface area contributed by atoms with Crippen LogP contribution in [0.2, 0.25) is 0 Å². The molecule has 1 aromatic rings. The highest BCUT2D eigenvalue weighted by molar-refractivity contribution is 8.01. The molecule has 0 aromatic carbocycles. The molecule has 2 N–H and O–H groups in total. The van der Waals surface area contributed by atoms with Crippen LogP contribution in [0.3, 0.4) is 0 Å². The highest BCUT2D eigenvalue weighted by Crippen LogP contribution is 2.25. The Bertz CT molecular complexity index is 423. The van der Waals surface area contributed by atoms with Gasteiger partial charge < -0.3 is 10.4 Å². The van der Waals surface area contributed by atoms with Crippen molar-refractivity contribution < 1.29 is 14.7 Å². The van der Waals surface area contributed by atoms with Crippen LogP contribution in [0.5, 0.6) is 0 Å². The van der Waals surface area contributed by atoms with Gasteiger partial charge in [0.05, 0.1) is 5.75 Å². The Kier molecular flexibility index (Phi) is 7.42. The Morgan fingerprint density at radius 2 is 2.11 bits per heavy atom. The maximum atomic E-state index is 11.6. The molecule has 0 saturated carbocycles. The Balaban J connectivity index is 2.28. The van der Waals surface area contributed by atoms with E-state index in [9.17, 15) is 9.59 Å². The molecule has 0 aliphatic rings. The van der Waals surface area contributed by atoms with E-state index < -0.39 is 5.97 Å². The number of carbonyl (C=O) groups excluding carboxylic acids is 1. The molecule has 0 spiro atoms. The van der Waals surface area contributed by atoms with Crippen molar-refractivity contribution in [1.82, 2.24) is 10.2 Å². The van der Waals surface area contributed by atoms with Gasteiger partial charge >= 0.3 is 5.97 Å². The Hall–Kier alpha value is -1.15. The molecule has 1 heterocycles. The highest BCUT2D eigenvalue weighted by Gasteiger charge is 2.09. The second-order valence-corrected chi connectivity index (χ2v) is 6.11. The van der Waals surface area contributed by atoms with Crippen LogP contribution in [0.4, 0.5) is 5.13 Å². The second-order valence-electron chi connectivity index (χ2n) is 3.91. The third-order valence-corrected chi connectivity index (χ3v) is 4.19. The molecule has 0 fully saturated rings. The largest absolute Gasteiger partial charge is 0.481 e. The Morgan fingerprint density at radius 1 is 1.32 bits per heavy atom. The van der Waals surface area contributed by atoms with Crippen molar-refractivity contribution >= 4 is 40.1 Å². The first-order valence-corrected chi connectivity index (χ1v) is 7.90. The van der Waals surface area contributed by atoms with E-state index >= 15 is 0 Å². The molecule has 1 rings (SSSR count). The van der Waals surface area contributed by atoms with E-state index in [4.69, 9.17) is 5.11 Å². The van der Waals surface area contributed by atoms with Crippen LogP contribution in [0.1, 0.15) is 39.0 Å². The summed E-state index contributed by atoms with van der Waals surface area (Å²) in [7, 11) is 0. The molecule has 0 bridgehead atoms. The van der Waals surface area contributed by atoms with Crippen LogP contribution in [-0.2, 0) is 9.59 Å². The number of amides is 1. The topological polar surface area (TPSA) is 92.2 Å². The third kappa shape index (κ3) is 7.12. The SMILES string of the molecule is CCCCCCC(=O)Nc1nnc(SCC(=O)O)s1. The van der Waals surface area contributed by atoms with Gasteiger partial charge in [-0.25, -0.2) is 0 Å². The number of hydrogen-bond donors (Lipinski definition) is 2. The van der Waals surface area contributed by atoms with E-state index in [-0.39, 0.29) is 11.7 Å². The summed E-state index contributed by atoms with van der Waals surface area (Å²) in [4.78, 5) is 22.0. The average molecular weight is 303 g/mol. The molecule has 106 valence electrons. The molecule has 0 atom stereocenters. The molecule has 0 aliphatic heterocycles. The number of thioether (sulfide) groups is 1. The van der Waals surface area contributed by atoms with E-state index in [1.807, 2.05) is 0 Å². The molecule has 0 radical (unpaired) electrons. The molecular weight excluding hydrogens is 286 g/mol. The summed E-state index contributed by atoms with van der Waals surface area (Å²) >= 11 is 2.29. The van der Waals surface area contributed by atoms with Gasteiger partial charge in [0.2, 0.25) is 11.0 Å². The van der Waals surface area contributed by atoms with Gasteiger partial charge in [-0.3, -0.25) is 9.59 Å². The van der Waals surface area contributed by atoms with Crippen molar-refractivity contribution in [1.29, 1.82) is 0 Å². The molecule has 6 nitrogen and oxygen atoms in total. The number of aromatic nitrogens is 2. The van der Waals surface area contributed by atoms with Gasteiger partial charge in [0, 0.05) is 6.42 Å². The Labute approximate surface area is 120 Å². The predicted molar refractivity (Wildman–Crippen MR) is 75.7 cm³/mol. The minimum atomic E-state index is -0.901. The lowest BCUT2D eigenvalue weighted by Gasteiger charge is -2.00. The summed E-state index contributed by atoms with van der Waals surface area (Å²) < 4.78 is 0.545. The number of carbonyl (C=O) groups is 2. The smallest absolute Gasteiger partial charge is 0.313 e. The molecule has 19 heavy (non-hydrogen) atoms. The zero-order chi connectivity index (χ0) is 14.1. The van der Waals surface area contributed by atoms with E-state index in [2.05, 4.69) is 22.4 Å². The van der Waals surface area contributed by atoms with Crippen LogP contribution < -0.4 is 5.32 Å². The highest BCUT2D eigenvalue weighted by atomic mass is 32.2. The summed E-state index contributed by atoms with van der Waals surface area (Å²) in [5, 5.41) is 19.2. The summed E-state index contributed by atoms with van der Waals surface area (Å²) in [6.45, 7) is 2.12. The van der Waals surface area contributed by atoms with Crippen LogP contribution in [0.15, 0.2) is 4.34 Å². The lowest BCUT2D eigenvalue weighted by atomic mass is 10.1. The van der Waals surface area contributed by atoms with Crippen molar-refractivity contribution in [3.63, 3.8) is 0 Å². The fraction of sp³-hybridized carbons (Fsp3) is 0.636. The maximum absolute atomic E-state index is 11.6. The van der Waals surface area contributed by atoms with E-state index in [0.29, 0.717) is 15.9 Å². The van der Waals surface area contributed by atoms with Crippen LogP contribution in [0.25, 0.3) is 0 Å². The minimum absolute atomic E-state index is 0.0560. The van der Waals surface area contributed by atoms with Crippen LogP contribution in [0, 0.1) is 0 Å². The first-order chi connectivity index (χ1) is 9.11. The molecule has 1 aromatic heterocycles. The van der Waals surface area contributed by atoms with Gasteiger partial charge in [-0.05, 0) is 6.42 Å². The van der Waals surface area contributed by atoms with Crippen LogP contribution >= 0.6 is 23.1 Å². The zero-order valence-electron chi connectivity index (χ0n) is 10.7. The quantitative estimate of drug-likeness (QED) is 0.414. The number of unbranched alkanes of at least 4 members (excludes halogenated alkanes) is 3. The summed E-state index contributed by atoms with van der Waals surface area (Å²) in [6.07, 6.45) is 4.69. The molecule has 8 heteroatoms. The van der Waals surface area contributed by atoms with Crippen molar-refractivity contribution in [2.24, 2.45) is 0 Å². The van der Waals surface area contributed by atoms with Gasteiger partial charge in [-0.15, -0.1) is 10.2 Å². The molecular formula is C11H17N3O3S2. The summed E-state index contributed by atoms with van der Waals surface area (Å²) in [6, 6.07) is 0. The van der Waals surface area contributed by atoms with Crippen molar-refractivity contribution in [3.8, 4) is 0 Å². The predicted octanol–water partition coefficient (Wildman–Crippen LogP) is 2.62. The maximum Gasteiger partial charge on any atom is 0.313 e. The van der Waals surface area contributed by atoms with Gasteiger partial charge in [-0.2, -0.15) is 0 Å². The number of carboxylic acids is 1. The average Bonchev–Trinajstić information content (AvgIpc) is 2.80. The number of nitrogens with one attached hydrogen (secondary N) is 1. The molecule has 1 amide bonds. The standard InChI is InChI=1S/C11H17N3O3S2/c1-2-3-4-5-6-8(15)12-10-13-14-11(19-10)18-7-9(16)17/h2-7H2,1H3,(H,16,17)(H,12,13,15). The molecule has 0 aliphatic carbocycles. The molecule has 0 unspecified atom stereocenters. The number of aliphatic carboxylic acids is 1. The number of hydrogen-bond acceptors (Lipinski definition) is 6. The zero-order valence-corrected chi connectivity index (χ0v) is 12.4. The monoisotopic (exact) mass is 303 g/mol. The van der Waals surface area contributed by atoms with Crippen LogP contribution in [-0.4, -0.2) is 32.9 Å². The first kappa shape index (κ1) is 15.9. The van der Waals surface area contributed by atoms with Gasteiger partial charge in [0.1, 0.15) is 0 Å². The lowest BCUT2D eigenvalue weighted by Crippen LogP contribution is -2.10. The normalized spacial score (nSPS) is 10.4. The summed E-state index contributed by atoms with van der Waals surface area (Å²) in [5.41, 5.74) is 0. The third-order valence-electron chi connectivity index (χ3n) is 2.23. The van der Waals surface area contributed by atoms with E-state index in [1.54, 1.807) is 0 Å². The van der Waals surface area contributed by atoms with Gasteiger partial charge in [0.15, 0.2) is 4.34 Å². The number of carboxylic acid groups (broad SMARTS) is 1. The number of rotatable bonds is 9. The van der Waals surface area contributed by atoms with E-state index in [1.165, 1.54) is 11.3 Å². The van der Waals surface area contributed by atoms with Gasteiger partial charge in [-0.1, -0.05) is 49.3 Å². The fourth-order valence-electron chi connectivity index (χ4n) is 1.34. The minimum Gasteiger partial charge on any atom is -0.481 e. The first-order valence-electron chi connectivity index (χ1n) is 6.09. The second kappa shape index (κ2) is 8.87. The van der Waals surface area contributed by atoms with E-state index in [0.717, 1.165) is 37.4 Å². The fourth-order valence-corrected chi connectivity index (χ4v) is 2.82. The van der Waals surface area contributed by atoms with Gasteiger partial charge in [0.25, 0.3) is 0 Å². The lowest BCUT2D eigenvalue weighted by molar-refractivity contribution is -0.133. The van der Waals surface area contributed by atoms with Crippen molar-refractivity contribution in [2.75, 3.05) is 11.1 Å².